The van der Waals surface area contributed by atoms with Gasteiger partial charge >= 0.3 is 0 Å². The van der Waals surface area contributed by atoms with Crippen LogP contribution in [0.2, 0.25) is 0 Å². The molecule has 0 spiro atoms. The highest BCUT2D eigenvalue weighted by Crippen LogP contribution is 2.36. The largest absolute Gasteiger partial charge is 0.364 e. The van der Waals surface area contributed by atoms with Gasteiger partial charge in [0.05, 0.1) is 11.7 Å². The molecule has 0 amide bonds. The van der Waals surface area contributed by atoms with Crippen LogP contribution in [-0.2, 0) is 6.54 Å². The molecule has 2 heterocycles. The molecule has 1 aromatic heterocycles. The Morgan fingerprint density at radius 3 is 3.20 bits per heavy atom. The van der Waals surface area contributed by atoms with Crippen molar-refractivity contribution in [1.29, 1.82) is 0 Å². The zero-order valence-electron chi connectivity index (χ0n) is 8.04. The zero-order valence-corrected chi connectivity index (χ0v) is 8.86. The van der Waals surface area contributed by atoms with E-state index in [1.54, 1.807) is 11.3 Å². The highest BCUT2D eigenvalue weighted by molar-refractivity contribution is 7.23. The third-order valence-electron chi connectivity index (χ3n) is 2.63. The predicted molar refractivity (Wildman–Crippen MR) is 62.5 cm³/mol. The second kappa shape index (κ2) is 3.32. The highest BCUT2D eigenvalue weighted by atomic mass is 32.1. The molecule has 0 saturated heterocycles. The number of carbonyl (C=O) groups excluding carboxylic acids is 1. The molecule has 1 aromatic carbocycles. The molecule has 15 heavy (non-hydrogen) atoms. The van der Waals surface area contributed by atoms with E-state index in [2.05, 4.69) is 10.6 Å². The molecule has 1 aliphatic rings. The first kappa shape index (κ1) is 8.88. The molecule has 0 radical (unpaired) electrons. The molecule has 2 N–H and O–H groups in total. The average Bonchev–Trinajstić information content (AvgIpc) is 2.66. The van der Waals surface area contributed by atoms with Gasteiger partial charge in [-0.25, -0.2) is 0 Å². The molecule has 4 heteroatoms. The molecule has 0 bridgehead atoms. The minimum absolute atomic E-state index is 0.744. The Labute approximate surface area is 91.1 Å². The molecule has 2 aromatic rings. The summed E-state index contributed by atoms with van der Waals surface area (Å²) < 4.78 is 1.18. The summed E-state index contributed by atoms with van der Waals surface area (Å²) in [5, 5.41) is 9.06. The van der Waals surface area contributed by atoms with Crippen molar-refractivity contribution in [1.82, 2.24) is 5.32 Å². The fourth-order valence-electron chi connectivity index (χ4n) is 1.89. The molecule has 0 unspecified atom stereocenters. The molecular weight excluding hydrogens is 208 g/mol. The minimum Gasteiger partial charge on any atom is -0.364 e. The number of aldehydes is 1. The van der Waals surface area contributed by atoms with E-state index in [9.17, 15) is 4.79 Å². The van der Waals surface area contributed by atoms with Gasteiger partial charge in [-0.2, -0.15) is 0 Å². The molecular formula is C11H10N2OS. The van der Waals surface area contributed by atoms with Crippen molar-refractivity contribution < 1.29 is 4.79 Å². The molecule has 0 aliphatic carbocycles. The lowest BCUT2D eigenvalue weighted by molar-refractivity contribution is 0.112. The van der Waals surface area contributed by atoms with Gasteiger partial charge in [-0.1, -0.05) is 12.1 Å². The Kier molecular flexibility index (Phi) is 1.97. The topological polar surface area (TPSA) is 41.1 Å². The van der Waals surface area contributed by atoms with Gasteiger partial charge in [-0.3, -0.25) is 10.1 Å². The summed E-state index contributed by atoms with van der Waals surface area (Å²) in [6.45, 7) is 1.73. The van der Waals surface area contributed by atoms with E-state index >= 15 is 0 Å². The minimum atomic E-state index is 0.744. The summed E-state index contributed by atoms with van der Waals surface area (Å²) in [4.78, 5) is 10.7. The van der Waals surface area contributed by atoms with E-state index in [1.807, 2.05) is 18.2 Å². The van der Waals surface area contributed by atoms with Crippen molar-refractivity contribution in [2.75, 3.05) is 12.0 Å². The Morgan fingerprint density at radius 1 is 1.40 bits per heavy atom. The van der Waals surface area contributed by atoms with Crippen LogP contribution in [-0.4, -0.2) is 13.0 Å². The zero-order chi connectivity index (χ0) is 10.3. The van der Waals surface area contributed by atoms with Crippen molar-refractivity contribution in [2.24, 2.45) is 0 Å². The molecule has 0 saturated carbocycles. The number of anilines is 1. The lowest BCUT2D eigenvalue weighted by Gasteiger charge is -2.14. The van der Waals surface area contributed by atoms with E-state index in [0.29, 0.717) is 0 Å². The number of nitrogens with one attached hydrogen (secondary N) is 2. The van der Waals surface area contributed by atoms with Crippen molar-refractivity contribution >= 4 is 32.7 Å². The molecule has 3 rings (SSSR count). The molecule has 0 fully saturated rings. The van der Waals surface area contributed by atoms with Crippen molar-refractivity contribution in [3.05, 3.63) is 29.3 Å². The fraction of sp³-hybridized carbons (Fsp3) is 0.182. The molecule has 76 valence electrons. The maximum absolute atomic E-state index is 10.7. The lowest BCUT2D eigenvalue weighted by Crippen LogP contribution is -2.26. The monoisotopic (exact) mass is 218 g/mol. The first-order valence-corrected chi connectivity index (χ1v) is 5.65. The van der Waals surface area contributed by atoms with E-state index in [1.165, 1.54) is 20.7 Å². The number of rotatable bonds is 1. The first-order chi connectivity index (χ1) is 7.38. The van der Waals surface area contributed by atoms with Crippen molar-refractivity contribution in [3.63, 3.8) is 0 Å². The molecule has 0 atom stereocenters. The Hall–Kier alpha value is -1.39. The second-order valence-electron chi connectivity index (χ2n) is 3.56. The van der Waals surface area contributed by atoms with Gasteiger partial charge in [0, 0.05) is 22.4 Å². The van der Waals surface area contributed by atoms with Crippen LogP contribution in [0.1, 0.15) is 15.9 Å². The number of thiophene rings is 1. The molecule has 3 nitrogen and oxygen atoms in total. The number of hydrogen-bond donors (Lipinski definition) is 2. The van der Waals surface area contributed by atoms with Gasteiger partial charge in [-0.15, -0.1) is 11.3 Å². The summed E-state index contributed by atoms with van der Waals surface area (Å²) in [7, 11) is 0. The van der Waals surface area contributed by atoms with Crippen LogP contribution < -0.4 is 10.6 Å². The maximum Gasteiger partial charge on any atom is 0.150 e. The number of hydrogen-bond acceptors (Lipinski definition) is 4. The van der Waals surface area contributed by atoms with Crippen LogP contribution in [0.15, 0.2) is 18.2 Å². The Bertz CT molecular complexity index is 533. The van der Waals surface area contributed by atoms with Crippen LogP contribution in [0, 0.1) is 0 Å². The van der Waals surface area contributed by atoms with E-state index in [0.717, 1.165) is 25.1 Å². The van der Waals surface area contributed by atoms with Gasteiger partial charge in [0.1, 0.15) is 6.29 Å². The average molecular weight is 218 g/mol. The number of carbonyl (C=O) groups is 1. The highest BCUT2D eigenvalue weighted by Gasteiger charge is 2.14. The summed E-state index contributed by atoms with van der Waals surface area (Å²) in [6, 6.07) is 5.85. The van der Waals surface area contributed by atoms with Gasteiger partial charge in [-0.05, 0) is 11.5 Å². The standard InChI is InChI=1S/C11H10N2OS/c14-5-7-1-2-8-9-4-12-6-13-11(9)15-10(8)3-7/h1-3,5,12-13H,4,6H2. The normalized spacial score (nSPS) is 14.7. The van der Waals surface area contributed by atoms with Crippen LogP contribution in [0.4, 0.5) is 5.00 Å². The smallest absolute Gasteiger partial charge is 0.150 e. The van der Waals surface area contributed by atoms with E-state index < -0.39 is 0 Å². The van der Waals surface area contributed by atoms with Crippen molar-refractivity contribution in [2.45, 2.75) is 6.54 Å². The predicted octanol–water partition coefficient (Wildman–Crippen LogP) is 2.19. The van der Waals surface area contributed by atoms with E-state index in [-0.39, 0.29) is 0 Å². The van der Waals surface area contributed by atoms with Crippen LogP contribution in [0.3, 0.4) is 0 Å². The van der Waals surface area contributed by atoms with Gasteiger partial charge < -0.3 is 5.32 Å². The molecule has 1 aliphatic heterocycles. The first-order valence-electron chi connectivity index (χ1n) is 4.83. The van der Waals surface area contributed by atoms with Gasteiger partial charge in [0.25, 0.3) is 0 Å². The van der Waals surface area contributed by atoms with Crippen LogP contribution >= 0.6 is 11.3 Å². The quantitative estimate of drug-likeness (QED) is 0.721. The Balaban J connectivity index is 2.26. The summed E-state index contributed by atoms with van der Waals surface area (Å²) in [5.74, 6) is 0. The number of benzene rings is 1. The fourth-order valence-corrected chi connectivity index (χ4v) is 3.05. The maximum atomic E-state index is 10.7. The second-order valence-corrected chi connectivity index (χ2v) is 4.62. The van der Waals surface area contributed by atoms with Gasteiger partial charge in [0.15, 0.2) is 0 Å². The number of fused-ring (bicyclic) bond motifs is 3. The summed E-state index contributed by atoms with van der Waals surface area (Å²) in [6.07, 6.45) is 0.893. The van der Waals surface area contributed by atoms with E-state index in [4.69, 9.17) is 0 Å². The van der Waals surface area contributed by atoms with Crippen LogP contribution in [0.25, 0.3) is 10.1 Å². The lowest BCUT2D eigenvalue weighted by atomic mass is 10.1. The summed E-state index contributed by atoms with van der Waals surface area (Å²) >= 11 is 1.72. The van der Waals surface area contributed by atoms with Crippen LogP contribution in [0.5, 0.6) is 0 Å². The van der Waals surface area contributed by atoms with Crippen molar-refractivity contribution in [3.8, 4) is 0 Å². The SMILES string of the molecule is O=Cc1ccc2c3c(sc2c1)NCNC3. The third kappa shape index (κ3) is 1.33. The Morgan fingerprint density at radius 2 is 2.33 bits per heavy atom. The van der Waals surface area contributed by atoms with Gasteiger partial charge in [0.2, 0.25) is 0 Å². The summed E-state index contributed by atoms with van der Waals surface area (Å²) in [5.41, 5.74) is 2.06. The third-order valence-corrected chi connectivity index (χ3v) is 3.78.